The molecule has 1 fully saturated rings. The lowest BCUT2D eigenvalue weighted by atomic mass is 10.2. The van der Waals surface area contributed by atoms with Crippen molar-refractivity contribution in [3.05, 3.63) is 29.8 Å². The van der Waals surface area contributed by atoms with Crippen molar-refractivity contribution in [3.8, 4) is 5.75 Å². The van der Waals surface area contributed by atoms with E-state index >= 15 is 0 Å². The first-order valence-corrected chi connectivity index (χ1v) is 5.97. The third-order valence-corrected chi connectivity index (χ3v) is 2.94. The van der Waals surface area contributed by atoms with Gasteiger partial charge in [0.1, 0.15) is 12.4 Å². The van der Waals surface area contributed by atoms with Crippen molar-refractivity contribution in [1.82, 2.24) is 4.90 Å². The Morgan fingerprint density at radius 1 is 1.33 bits per heavy atom. The number of rotatable bonds is 5. The first kappa shape index (κ1) is 12.4. The van der Waals surface area contributed by atoms with Crippen LogP contribution in [0.25, 0.3) is 0 Å². The maximum atomic E-state index is 11.4. The van der Waals surface area contributed by atoms with Gasteiger partial charge in [-0.2, -0.15) is 0 Å². The maximum absolute atomic E-state index is 11.4. The number of hydrogen-bond acceptors (Lipinski definition) is 3. The average molecular weight is 248 g/mol. The molecule has 5 nitrogen and oxygen atoms in total. The van der Waals surface area contributed by atoms with E-state index in [-0.39, 0.29) is 5.91 Å². The van der Waals surface area contributed by atoms with Crippen LogP contribution in [-0.4, -0.2) is 36.4 Å². The van der Waals surface area contributed by atoms with Crippen molar-refractivity contribution < 1.29 is 14.3 Å². The van der Waals surface area contributed by atoms with Gasteiger partial charge >= 0.3 is 0 Å². The minimum atomic E-state index is -0.454. The van der Waals surface area contributed by atoms with Gasteiger partial charge in [0.2, 0.25) is 11.8 Å². The molecule has 0 radical (unpaired) electrons. The van der Waals surface area contributed by atoms with Crippen LogP contribution in [0.5, 0.6) is 5.75 Å². The molecule has 0 aromatic heterocycles. The normalized spacial score (nSPS) is 14.9. The Hall–Kier alpha value is -2.04. The lowest BCUT2D eigenvalue weighted by Crippen LogP contribution is -2.29. The predicted molar refractivity (Wildman–Crippen MR) is 66.3 cm³/mol. The fourth-order valence-corrected chi connectivity index (χ4v) is 1.93. The van der Waals surface area contributed by atoms with Gasteiger partial charge in [-0.05, 0) is 30.7 Å². The number of amides is 2. The van der Waals surface area contributed by atoms with Crippen LogP contribution in [0.1, 0.15) is 23.2 Å². The Morgan fingerprint density at radius 3 is 2.61 bits per heavy atom. The molecule has 5 heteroatoms. The average Bonchev–Trinajstić information content (AvgIpc) is 2.76. The second-order valence-corrected chi connectivity index (χ2v) is 4.22. The standard InChI is InChI=1S/C13H16N2O3/c14-13(17)10-3-5-11(6-4-10)18-9-8-15-7-1-2-12(15)16/h3-6H,1-2,7-9H2,(H2,14,17). The van der Waals surface area contributed by atoms with Crippen LogP contribution in [0, 0.1) is 0 Å². The molecule has 1 heterocycles. The minimum absolute atomic E-state index is 0.197. The molecule has 18 heavy (non-hydrogen) atoms. The van der Waals surface area contributed by atoms with E-state index < -0.39 is 5.91 Å². The monoisotopic (exact) mass is 248 g/mol. The summed E-state index contributed by atoms with van der Waals surface area (Å²) in [5.74, 6) is 0.415. The van der Waals surface area contributed by atoms with Crippen molar-refractivity contribution >= 4 is 11.8 Å². The summed E-state index contributed by atoms with van der Waals surface area (Å²) in [4.78, 5) is 24.0. The van der Waals surface area contributed by atoms with Crippen molar-refractivity contribution in [2.75, 3.05) is 19.7 Å². The number of likely N-dealkylation sites (tertiary alicyclic amines) is 1. The van der Waals surface area contributed by atoms with Crippen LogP contribution in [0.4, 0.5) is 0 Å². The molecule has 0 atom stereocenters. The second kappa shape index (κ2) is 5.53. The van der Waals surface area contributed by atoms with Crippen molar-refractivity contribution in [2.45, 2.75) is 12.8 Å². The second-order valence-electron chi connectivity index (χ2n) is 4.22. The fraction of sp³-hybridized carbons (Fsp3) is 0.385. The summed E-state index contributed by atoms with van der Waals surface area (Å²) >= 11 is 0. The molecule has 0 aliphatic carbocycles. The molecule has 0 bridgehead atoms. The third kappa shape index (κ3) is 3.00. The minimum Gasteiger partial charge on any atom is -0.492 e. The van der Waals surface area contributed by atoms with E-state index in [1.54, 1.807) is 29.2 Å². The molecule has 1 aliphatic heterocycles. The van der Waals surface area contributed by atoms with Crippen LogP contribution in [0.2, 0.25) is 0 Å². The highest BCUT2D eigenvalue weighted by molar-refractivity contribution is 5.92. The van der Waals surface area contributed by atoms with Gasteiger partial charge in [0.15, 0.2) is 0 Å². The number of carbonyl (C=O) groups is 2. The van der Waals surface area contributed by atoms with Crippen LogP contribution >= 0.6 is 0 Å². The molecule has 1 aromatic rings. The Kier molecular flexibility index (Phi) is 3.82. The Balaban J connectivity index is 1.79. The lowest BCUT2D eigenvalue weighted by molar-refractivity contribution is -0.128. The first-order valence-electron chi connectivity index (χ1n) is 5.97. The summed E-state index contributed by atoms with van der Waals surface area (Å²) in [7, 11) is 0. The molecule has 0 unspecified atom stereocenters. The van der Waals surface area contributed by atoms with E-state index in [2.05, 4.69) is 0 Å². The van der Waals surface area contributed by atoms with Gasteiger partial charge in [-0.25, -0.2) is 0 Å². The highest BCUT2D eigenvalue weighted by Crippen LogP contribution is 2.13. The van der Waals surface area contributed by atoms with Crippen molar-refractivity contribution in [3.63, 3.8) is 0 Å². The molecule has 0 saturated carbocycles. The molecule has 1 aromatic carbocycles. The van der Waals surface area contributed by atoms with Crippen LogP contribution in [0.15, 0.2) is 24.3 Å². The Labute approximate surface area is 106 Å². The molecular formula is C13H16N2O3. The highest BCUT2D eigenvalue weighted by atomic mass is 16.5. The van der Waals surface area contributed by atoms with Gasteiger partial charge in [0.05, 0.1) is 6.54 Å². The molecule has 1 aliphatic rings. The maximum Gasteiger partial charge on any atom is 0.248 e. The lowest BCUT2D eigenvalue weighted by Gasteiger charge is -2.15. The van der Waals surface area contributed by atoms with Gasteiger partial charge in [-0.15, -0.1) is 0 Å². The van der Waals surface area contributed by atoms with Gasteiger partial charge in [0, 0.05) is 18.5 Å². The smallest absolute Gasteiger partial charge is 0.248 e. The quantitative estimate of drug-likeness (QED) is 0.837. The van der Waals surface area contributed by atoms with Gasteiger partial charge < -0.3 is 15.4 Å². The number of hydrogen-bond donors (Lipinski definition) is 1. The van der Waals surface area contributed by atoms with Crippen molar-refractivity contribution in [2.24, 2.45) is 5.73 Å². The number of carbonyl (C=O) groups excluding carboxylic acids is 2. The number of primary amides is 1. The van der Waals surface area contributed by atoms with Crippen LogP contribution < -0.4 is 10.5 Å². The van der Waals surface area contributed by atoms with E-state index in [1.807, 2.05) is 0 Å². The first-order chi connectivity index (χ1) is 8.66. The zero-order valence-electron chi connectivity index (χ0n) is 10.1. The topological polar surface area (TPSA) is 72.6 Å². The third-order valence-electron chi connectivity index (χ3n) is 2.94. The summed E-state index contributed by atoms with van der Waals surface area (Å²) in [6, 6.07) is 6.65. The SMILES string of the molecule is NC(=O)c1ccc(OCCN2CCCC2=O)cc1. The fourth-order valence-electron chi connectivity index (χ4n) is 1.93. The number of nitrogens with zero attached hydrogens (tertiary/aromatic N) is 1. The zero-order chi connectivity index (χ0) is 13.0. The van der Waals surface area contributed by atoms with E-state index in [4.69, 9.17) is 10.5 Å². The number of benzene rings is 1. The number of ether oxygens (including phenoxy) is 1. The van der Waals surface area contributed by atoms with Gasteiger partial charge in [-0.3, -0.25) is 9.59 Å². The Morgan fingerprint density at radius 2 is 2.06 bits per heavy atom. The van der Waals surface area contributed by atoms with E-state index in [9.17, 15) is 9.59 Å². The number of nitrogens with two attached hydrogens (primary N) is 1. The van der Waals surface area contributed by atoms with Gasteiger partial charge in [0.25, 0.3) is 0 Å². The summed E-state index contributed by atoms with van der Waals surface area (Å²) < 4.78 is 5.50. The molecule has 2 N–H and O–H groups in total. The summed E-state index contributed by atoms with van der Waals surface area (Å²) in [6.45, 7) is 1.89. The largest absolute Gasteiger partial charge is 0.492 e. The molecule has 2 amide bonds. The van der Waals surface area contributed by atoms with Crippen LogP contribution in [0.3, 0.4) is 0 Å². The van der Waals surface area contributed by atoms with E-state index in [0.29, 0.717) is 30.9 Å². The van der Waals surface area contributed by atoms with Gasteiger partial charge in [-0.1, -0.05) is 0 Å². The summed E-state index contributed by atoms with van der Waals surface area (Å²) in [6.07, 6.45) is 1.58. The van der Waals surface area contributed by atoms with Crippen molar-refractivity contribution in [1.29, 1.82) is 0 Å². The van der Waals surface area contributed by atoms with E-state index in [0.717, 1.165) is 13.0 Å². The summed E-state index contributed by atoms with van der Waals surface area (Å²) in [5.41, 5.74) is 5.59. The predicted octanol–water partition coefficient (Wildman–Crippen LogP) is 0.787. The Bertz CT molecular complexity index is 442. The van der Waals surface area contributed by atoms with E-state index in [1.165, 1.54) is 0 Å². The molecular weight excluding hydrogens is 232 g/mol. The molecule has 2 rings (SSSR count). The molecule has 1 saturated heterocycles. The molecule has 96 valence electrons. The summed E-state index contributed by atoms with van der Waals surface area (Å²) in [5, 5.41) is 0. The molecule has 0 spiro atoms. The van der Waals surface area contributed by atoms with Crippen LogP contribution in [-0.2, 0) is 4.79 Å². The highest BCUT2D eigenvalue weighted by Gasteiger charge is 2.19. The zero-order valence-corrected chi connectivity index (χ0v) is 10.1.